The lowest BCUT2D eigenvalue weighted by Crippen LogP contribution is -2.39. The minimum absolute atomic E-state index is 0.186. The highest BCUT2D eigenvalue weighted by atomic mass is 35.5. The van der Waals surface area contributed by atoms with Gasteiger partial charge in [-0.2, -0.15) is 0 Å². The van der Waals surface area contributed by atoms with E-state index in [1.807, 2.05) is 18.2 Å². The van der Waals surface area contributed by atoms with Crippen molar-refractivity contribution in [1.82, 2.24) is 15.5 Å². The predicted molar refractivity (Wildman–Crippen MR) is 141 cm³/mol. The number of rotatable bonds is 11. The summed E-state index contributed by atoms with van der Waals surface area (Å²) in [5, 5.41) is 8.03. The molecule has 0 radical (unpaired) electrons. The van der Waals surface area contributed by atoms with Gasteiger partial charge in [0.15, 0.2) is 0 Å². The molecule has 2 aromatic rings. The van der Waals surface area contributed by atoms with Crippen LogP contribution in [0.3, 0.4) is 0 Å². The second kappa shape index (κ2) is 13.4. The van der Waals surface area contributed by atoms with Crippen LogP contribution in [0.5, 0.6) is 5.75 Å². The van der Waals surface area contributed by atoms with Crippen LogP contribution in [0.2, 0.25) is 15.1 Å². The Morgan fingerprint density at radius 1 is 1.09 bits per heavy atom. The molecule has 0 bridgehead atoms. The van der Waals surface area contributed by atoms with Gasteiger partial charge in [-0.1, -0.05) is 40.9 Å². The highest BCUT2D eigenvalue weighted by molar-refractivity contribution is 6.42. The lowest BCUT2D eigenvalue weighted by molar-refractivity contribution is 0.0933. The Balaban J connectivity index is 1.29. The van der Waals surface area contributed by atoms with Crippen molar-refractivity contribution in [3.63, 3.8) is 0 Å². The lowest BCUT2D eigenvalue weighted by atomic mass is 9.96. The molecule has 0 spiro atoms. The number of anilines is 1. The first-order chi connectivity index (χ1) is 16.4. The van der Waals surface area contributed by atoms with Gasteiger partial charge in [-0.25, -0.2) is 0 Å². The minimum atomic E-state index is -0.186. The van der Waals surface area contributed by atoms with Crippen molar-refractivity contribution in [2.45, 2.75) is 32.2 Å². The van der Waals surface area contributed by atoms with Gasteiger partial charge < -0.3 is 26.0 Å². The number of unbranched alkanes of at least 4 members (excludes halogenated alkanes) is 1. The SMILES string of the molecule is COc1cc(N)c(Cl)cc1C(=O)NCC1CCN(CCCCNCc2ccc(Cl)c(Cl)c2)CC1. The zero-order chi connectivity index (χ0) is 24.5. The van der Waals surface area contributed by atoms with E-state index in [9.17, 15) is 4.79 Å². The zero-order valence-electron chi connectivity index (χ0n) is 19.5. The van der Waals surface area contributed by atoms with Gasteiger partial charge in [0.2, 0.25) is 0 Å². The molecule has 1 aliphatic rings. The summed E-state index contributed by atoms with van der Waals surface area (Å²) in [7, 11) is 1.51. The number of nitrogen functional groups attached to an aromatic ring is 1. The number of nitrogens with zero attached hydrogens (tertiary/aromatic N) is 1. The molecular weight excluding hydrogens is 495 g/mol. The molecule has 9 heteroatoms. The van der Waals surface area contributed by atoms with Crippen molar-refractivity contribution < 1.29 is 9.53 Å². The molecule has 34 heavy (non-hydrogen) atoms. The highest BCUT2D eigenvalue weighted by Gasteiger charge is 2.21. The summed E-state index contributed by atoms with van der Waals surface area (Å²) in [5.74, 6) is 0.721. The number of benzene rings is 2. The maximum atomic E-state index is 12.6. The Labute approximate surface area is 217 Å². The van der Waals surface area contributed by atoms with E-state index < -0.39 is 0 Å². The molecule has 1 fully saturated rings. The van der Waals surface area contributed by atoms with E-state index in [1.165, 1.54) is 7.11 Å². The number of piperidine rings is 1. The maximum absolute atomic E-state index is 12.6. The predicted octanol–water partition coefficient (Wildman–Crippen LogP) is 5.25. The van der Waals surface area contributed by atoms with Gasteiger partial charge in [0.1, 0.15) is 5.75 Å². The van der Waals surface area contributed by atoms with Crippen LogP contribution >= 0.6 is 34.8 Å². The second-order valence-corrected chi connectivity index (χ2v) is 9.92. The molecule has 0 aromatic heterocycles. The fourth-order valence-electron chi connectivity index (χ4n) is 4.13. The van der Waals surface area contributed by atoms with Crippen LogP contribution in [-0.4, -0.2) is 50.6 Å². The van der Waals surface area contributed by atoms with Crippen molar-refractivity contribution >= 4 is 46.4 Å². The topological polar surface area (TPSA) is 79.6 Å². The molecule has 3 rings (SSSR count). The molecule has 1 saturated heterocycles. The van der Waals surface area contributed by atoms with Crippen molar-refractivity contribution in [1.29, 1.82) is 0 Å². The summed E-state index contributed by atoms with van der Waals surface area (Å²) in [5.41, 5.74) is 7.74. The monoisotopic (exact) mass is 526 g/mol. The van der Waals surface area contributed by atoms with Crippen LogP contribution in [0.25, 0.3) is 0 Å². The first-order valence-electron chi connectivity index (χ1n) is 11.7. The summed E-state index contributed by atoms with van der Waals surface area (Å²) in [6.07, 6.45) is 4.45. The number of ether oxygens (including phenoxy) is 1. The molecule has 0 aliphatic carbocycles. The average Bonchev–Trinajstić information content (AvgIpc) is 2.84. The first-order valence-corrected chi connectivity index (χ1v) is 12.8. The van der Waals surface area contributed by atoms with Crippen LogP contribution in [0, 0.1) is 5.92 Å². The third-order valence-electron chi connectivity index (χ3n) is 6.21. The number of nitrogens with two attached hydrogens (primary N) is 1. The minimum Gasteiger partial charge on any atom is -0.496 e. The Kier molecular flexibility index (Phi) is 10.6. The number of likely N-dealkylation sites (tertiary alicyclic amines) is 1. The number of carbonyl (C=O) groups excluding carboxylic acids is 1. The van der Waals surface area contributed by atoms with Gasteiger partial charge in [-0.15, -0.1) is 0 Å². The summed E-state index contributed by atoms with van der Waals surface area (Å²) >= 11 is 18.1. The van der Waals surface area contributed by atoms with Crippen LogP contribution in [0.1, 0.15) is 41.6 Å². The third kappa shape index (κ3) is 7.92. The molecule has 2 aromatic carbocycles. The van der Waals surface area contributed by atoms with E-state index in [-0.39, 0.29) is 5.91 Å². The van der Waals surface area contributed by atoms with Gasteiger partial charge in [0.05, 0.1) is 33.4 Å². The number of amides is 1. The molecule has 1 aliphatic heterocycles. The molecule has 0 unspecified atom stereocenters. The van der Waals surface area contributed by atoms with E-state index in [0.29, 0.717) is 44.5 Å². The summed E-state index contributed by atoms with van der Waals surface area (Å²) in [4.78, 5) is 15.1. The number of hydrogen-bond donors (Lipinski definition) is 3. The smallest absolute Gasteiger partial charge is 0.255 e. The van der Waals surface area contributed by atoms with Crippen molar-refractivity contribution in [2.75, 3.05) is 45.6 Å². The van der Waals surface area contributed by atoms with Gasteiger partial charge in [0.25, 0.3) is 5.91 Å². The molecule has 186 valence electrons. The van der Waals surface area contributed by atoms with Crippen LogP contribution in [-0.2, 0) is 6.54 Å². The Morgan fingerprint density at radius 3 is 2.56 bits per heavy atom. The second-order valence-electron chi connectivity index (χ2n) is 8.70. The van der Waals surface area contributed by atoms with E-state index in [0.717, 1.165) is 64.0 Å². The van der Waals surface area contributed by atoms with E-state index in [1.54, 1.807) is 12.1 Å². The summed E-state index contributed by atoms with van der Waals surface area (Å²) < 4.78 is 5.28. The van der Waals surface area contributed by atoms with Gasteiger partial charge in [0, 0.05) is 19.2 Å². The Morgan fingerprint density at radius 2 is 1.85 bits per heavy atom. The average molecular weight is 528 g/mol. The first kappa shape index (κ1) is 26.9. The largest absolute Gasteiger partial charge is 0.496 e. The molecule has 6 nitrogen and oxygen atoms in total. The molecule has 1 amide bonds. The van der Waals surface area contributed by atoms with Gasteiger partial charge in [-0.05, 0) is 81.5 Å². The standard InChI is InChI=1S/C25H33Cl3N4O2/c1-34-24-14-23(29)22(28)13-19(24)25(33)31-16-17-6-10-32(11-7-17)9-3-2-8-30-15-18-4-5-20(26)21(27)12-18/h4-5,12-14,17,30H,2-3,6-11,15-16,29H2,1H3,(H,31,33). The number of nitrogens with one attached hydrogen (secondary N) is 2. The molecule has 4 N–H and O–H groups in total. The Hall–Kier alpha value is -1.70. The van der Waals surface area contributed by atoms with Gasteiger partial charge >= 0.3 is 0 Å². The number of hydrogen-bond acceptors (Lipinski definition) is 5. The normalized spacial score (nSPS) is 14.8. The van der Waals surface area contributed by atoms with Crippen LogP contribution in [0.4, 0.5) is 5.69 Å². The summed E-state index contributed by atoms with van der Waals surface area (Å²) in [6.45, 7) is 5.65. The molecule has 1 heterocycles. The van der Waals surface area contributed by atoms with Gasteiger partial charge in [-0.3, -0.25) is 4.79 Å². The lowest BCUT2D eigenvalue weighted by Gasteiger charge is -2.32. The van der Waals surface area contributed by atoms with Crippen LogP contribution in [0.15, 0.2) is 30.3 Å². The maximum Gasteiger partial charge on any atom is 0.255 e. The van der Waals surface area contributed by atoms with E-state index in [2.05, 4.69) is 15.5 Å². The van der Waals surface area contributed by atoms with Crippen molar-refractivity contribution in [3.05, 3.63) is 56.5 Å². The van der Waals surface area contributed by atoms with Crippen molar-refractivity contribution in [3.8, 4) is 5.75 Å². The fourth-order valence-corrected chi connectivity index (χ4v) is 4.61. The number of halogens is 3. The van der Waals surface area contributed by atoms with Crippen molar-refractivity contribution in [2.24, 2.45) is 5.92 Å². The zero-order valence-corrected chi connectivity index (χ0v) is 21.8. The van der Waals surface area contributed by atoms with E-state index in [4.69, 9.17) is 45.3 Å². The highest BCUT2D eigenvalue weighted by Crippen LogP contribution is 2.29. The Bertz CT molecular complexity index is 965. The molecular formula is C25H33Cl3N4O2. The third-order valence-corrected chi connectivity index (χ3v) is 7.28. The quantitative estimate of drug-likeness (QED) is 0.275. The fraction of sp³-hybridized carbons (Fsp3) is 0.480. The van der Waals surface area contributed by atoms with Crippen LogP contribution < -0.4 is 21.1 Å². The molecule has 0 atom stereocenters. The van der Waals surface area contributed by atoms with E-state index >= 15 is 0 Å². The number of methoxy groups -OCH3 is 1. The molecule has 0 saturated carbocycles. The summed E-state index contributed by atoms with van der Waals surface area (Å²) in [6, 6.07) is 8.88. The number of carbonyl (C=O) groups is 1.